The molecule has 0 aliphatic carbocycles. The minimum absolute atomic E-state index is 0.00227. The van der Waals surface area contributed by atoms with Crippen molar-refractivity contribution in [3.05, 3.63) is 0 Å². The molecule has 0 spiro atoms. The molecule has 0 aromatic carbocycles. The van der Waals surface area contributed by atoms with Gasteiger partial charge in [-0.3, -0.25) is 4.79 Å². The van der Waals surface area contributed by atoms with E-state index >= 15 is 0 Å². The standard InChI is InChI=1S/C11H22N2O3/c1-3-4-7-13(9-6-11(15)16)8-5-10(14)12-2/h3-9H2,1-2H3,(H,12,14)(H,15,16). The maximum absolute atomic E-state index is 11.1. The molecule has 0 aromatic rings. The number of carboxylic acid groups (broad SMARTS) is 1. The number of hydrogen-bond donors (Lipinski definition) is 2. The highest BCUT2D eigenvalue weighted by molar-refractivity contribution is 5.75. The third-order valence-corrected chi connectivity index (χ3v) is 2.55. The summed E-state index contributed by atoms with van der Waals surface area (Å²) in [6.07, 6.45) is 2.64. The second-order valence-electron chi connectivity index (χ2n) is 3.90. The lowest BCUT2D eigenvalue weighted by Crippen LogP contribution is -3.12. The van der Waals surface area contributed by atoms with E-state index in [0.29, 0.717) is 19.5 Å². The highest BCUT2D eigenvalue weighted by Gasteiger charge is 2.10. The molecule has 0 fully saturated rings. The van der Waals surface area contributed by atoms with Gasteiger partial charge in [-0.25, -0.2) is 0 Å². The first-order chi connectivity index (χ1) is 7.60. The van der Waals surface area contributed by atoms with Crippen LogP contribution in [-0.2, 0) is 9.59 Å². The van der Waals surface area contributed by atoms with Gasteiger partial charge in [-0.1, -0.05) is 13.3 Å². The molecule has 0 aliphatic rings. The number of amides is 1. The Hall–Kier alpha value is -1.10. The molecule has 0 bridgehead atoms. The predicted molar refractivity (Wildman–Crippen MR) is 58.8 cm³/mol. The van der Waals surface area contributed by atoms with E-state index in [1.54, 1.807) is 7.05 Å². The van der Waals surface area contributed by atoms with Crippen LogP contribution < -0.4 is 15.3 Å². The fourth-order valence-corrected chi connectivity index (χ4v) is 1.50. The Morgan fingerprint density at radius 1 is 1.19 bits per heavy atom. The molecule has 94 valence electrons. The number of carboxylic acids is 1. The number of quaternary nitrogens is 1. The van der Waals surface area contributed by atoms with Gasteiger partial charge < -0.3 is 20.1 Å². The van der Waals surface area contributed by atoms with Gasteiger partial charge in [0.2, 0.25) is 5.91 Å². The van der Waals surface area contributed by atoms with Crippen LogP contribution >= 0.6 is 0 Å². The van der Waals surface area contributed by atoms with Crippen LogP contribution in [0.25, 0.3) is 0 Å². The van der Waals surface area contributed by atoms with Gasteiger partial charge in [0.15, 0.2) is 0 Å². The third-order valence-electron chi connectivity index (χ3n) is 2.55. The molecule has 0 rings (SSSR count). The predicted octanol–water partition coefficient (Wildman–Crippen LogP) is -2.05. The molecule has 1 amide bonds. The van der Waals surface area contributed by atoms with Crippen molar-refractivity contribution in [1.82, 2.24) is 5.32 Å². The SMILES string of the molecule is CCCC[NH+](CCC(=O)[O-])CCC(=O)NC. The normalized spacial score (nSPS) is 12.1. The molecule has 0 aromatic heterocycles. The Labute approximate surface area is 96.8 Å². The van der Waals surface area contributed by atoms with Crippen molar-refractivity contribution >= 4 is 11.9 Å². The lowest BCUT2D eigenvalue weighted by Gasteiger charge is -2.19. The van der Waals surface area contributed by atoms with Gasteiger partial charge in [0.05, 0.1) is 26.1 Å². The smallest absolute Gasteiger partial charge is 0.225 e. The van der Waals surface area contributed by atoms with Crippen LogP contribution in [0.2, 0.25) is 0 Å². The van der Waals surface area contributed by atoms with Crippen LogP contribution in [0.4, 0.5) is 0 Å². The minimum atomic E-state index is -1.02. The topological polar surface area (TPSA) is 73.7 Å². The van der Waals surface area contributed by atoms with Gasteiger partial charge in [0.25, 0.3) is 0 Å². The second kappa shape index (κ2) is 9.15. The molecular formula is C11H22N2O3. The Morgan fingerprint density at radius 2 is 1.81 bits per heavy atom. The molecule has 0 aliphatic heterocycles. The average molecular weight is 230 g/mol. The molecule has 0 heterocycles. The number of hydrogen-bond acceptors (Lipinski definition) is 3. The van der Waals surface area contributed by atoms with Crippen molar-refractivity contribution in [2.75, 3.05) is 26.7 Å². The zero-order chi connectivity index (χ0) is 12.4. The molecule has 0 radical (unpaired) electrons. The summed E-state index contributed by atoms with van der Waals surface area (Å²) in [5, 5.41) is 12.9. The van der Waals surface area contributed by atoms with E-state index in [1.165, 1.54) is 0 Å². The van der Waals surface area contributed by atoms with Crippen molar-refractivity contribution in [3.8, 4) is 0 Å². The van der Waals surface area contributed by atoms with Crippen LogP contribution in [-0.4, -0.2) is 38.6 Å². The number of unbranched alkanes of at least 4 members (excludes halogenated alkanes) is 1. The van der Waals surface area contributed by atoms with Gasteiger partial charge in [0.1, 0.15) is 0 Å². The lowest BCUT2D eigenvalue weighted by molar-refractivity contribution is -0.899. The number of carbonyl (C=O) groups is 2. The highest BCUT2D eigenvalue weighted by atomic mass is 16.4. The van der Waals surface area contributed by atoms with E-state index in [4.69, 9.17) is 0 Å². The van der Waals surface area contributed by atoms with Crippen molar-refractivity contribution in [2.45, 2.75) is 32.6 Å². The molecule has 0 saturated carbocycles. The van der Waals surface area contributed by atoms with E-state index in [2.05, 4.69) is 12.2 Å². The van der Waals surface area contributed by atoms with Crippen LogP contribution in [0, 0.1) is 0 Å². The van der Waals surface area contributed by atoms with E-state index in [1.807, 2.05) is 0 Å². The van der Waals surface area contributed by atoms with Crippen molar-refractivity contribution < 1.29 is 19.6 Å². The fraction of sp³-hybridized carbons (Fsp3) is 0.818. The summed E-state index contributed by atoms with van der Waals surface area (Å²) < 4.78 is 0. The van der Waals surface area contributed by atoms with Crippen molar-refractivity contribution in [1.29, 1.82) is 0 Å². The van der Waals surface area contributed by atoms with Gasteiger partial charge in [-0.2, -0.15) is 0 Å². The van der Waals surface area contributed by atoms with E-state index < -0.39 is 5.97 Å². The number of rotatable bonds is 9. The fourth-order valence-electron chi connectivity index (χ4n) is 1.50. The second-order valence-corrected chi connectivity index (χ2v) is 3.90. The van der Waals surface area contributed by atoms with E-state index in [-0.39, 0.29) is 12.3 Å². The molecular weight excluding hydrogens is 208 g/mol. The molecule has 1 unspecified atom stereocenters. The Bertz CT molecular complexity index is 219. The third kappa shape index (κ3) is 8.23. The molecule has 1 atom stereocenters. The zero-order valence-electron chi connectivity index (χ0n) is 10.2. The van der Waals surface area contributed by atoms with Crippen LogP contribution in [0.5, 0.6) is 0 Å². The Kier molecular flexibility index (Phi) is 8.52. The van der Waals surface area contributed by atoms with Crippen molar-refractivity contribution in [3.63, 3.8) is 0 Å². The first-order valence-corrected chi connectivity index (χ1v) is 5.84. The molecule has 5 nitrogen and oxygen atoms in total. The monoisotopic (exact) mass is 230 g/mol. The van der Waals surface area contributed by atoms with E-state index in [9.17, 15) is 14.7 Å². The van der Waals surface area contributed by atoms with E-state index in [0.717, 1.165) is 24.3 Å². The highest BCUT2D eigenvalue weighted by Crippen LogP contribution is 1.81. The minimum Gasteiger partial charge on any atom is -0.550 e. The summed E-state index contributed by atoms with van der Waals surface area (Å²) in [5.74, 6) is -1.02. The average Bonchev–Trinajstić information content (AvgIpc) is 2.27. The first-order valence-electron chi connectivity index (χ1n) is 5.84. The van der Waals surface area contributed by atoms with Crippen molar-refractivity contribution in [2.24, 2.45) is 0 Å². The summed E-state index contributed by atoms with van der Waals surface area (Å²) in [5.41, 5.74) is 0. The molecule has 0 saturated heterocycles. The summed E-state index contributed by atoms with van der Waals surface area (Å²) >= 11 is 0. The quantitative estimate of drug-likeness (QED) is 0.479. The maximum Gasteiger partial charge on any atom is 0.225 e. The zero-order valence-corrected chi connectivity index (χ0v) is 10.2. The molecule has 16 heavy (non-hydrogen) atoms. The van der Waals surface area contributed by atoms with Crippen LogP contribution in [0.1, 0.15) is 32.6 Å². The summed E-state index contributed by atoms with van der Waals surface area (Å²) in [4.78, 5) is 22.6. The summed E-state index contributed by atoms with van der Waals surface area (Å²) in [7, 11) is 1.61. The van der Waals surface area contributed by atoms with Crippen LogP contribution in [0.3, 0.4) is 0 Å². The first kappa shape index (κ1) is 14.9. The van der Waals surface area contributed by atoms with Gasteiger partial charge >= 0.3 is 0 Å². The number of carbonyl (C=O) groups excluding carboxylic acids is 2. The molecule has 5 heteroatoms. The molecule has 2 N–H and O–H groups in total. The summed E-state index contributed by atoms with van der Waals surface area (Å²) in [6, 6.07) is 0. The van der Waals surface area contributed by atoms with Gasteiger partial charge in [-0.15, -0.1) is 0 Å². The van der Waals surface area contributed by atoms with Crippen LogP contribution in [0.15, 0.2) is 0 Å². The summed E-state index contributed by atoms with van der Waals surface area (Å²) in [6.45, 7) is 4.24. The van der Waals surface area contributed by atoms with Gasteiger partial charge in [-0.05, 0) is 6.42 Å². The Balaban J connectivity index is 3.88. The van der Waals surface area contributed by atoms with Gasteiger partial charge in [0, 0.05) is 19.4 Å². The Morgan fingerprint density at radius 3 is 2.31 bits per heavy atom. The number of aliphatic carboxylic acids is 1. The maximum atomic E-state index is 11.1. The number of nitrogens with one attached hydrogen (secondary N) is 2. The lowest BCUT2D eigenvalue weighted by atomic mass is 10.2. The largest absolute Gasteiger partial charge is 0.550 e.